The van der Waals surface area contributed by atoms with E-state index in [1.54, 1.807) is 11.3 Å². The molecular weight excluding hydrogens is 306 g/mol. The summed E-state index contributed by atoms with van der Waals surface area (Å²) in [5.74, 6) is 0.665. The van der Waals surface area contributed by atoms with Crippen molar-refractivity contribution in [2.24, 2.45) is 5.92 Å². The number of benzene rings is 1. The smallest absolute Gasteiger partial charge is 0.0372 e. The Morgan fingerprint density at radius 2 is 1.89 bits per heavy atom. The second kappa shape index (κ2) is 5.16. The summed E-state index contributed by atoms with van der Waals surface area (Å²) in [6, 6.07) is 9.28. The zero-order valence-corrected chi connectivity index (χ0v) is 12.7. The van der Waals surface area contributed by atoms with Crippen LogP contribution >= 0.6 is 27.3 Å². The standard InChI is InChI=1S/C15H16BrNS/c1-17-15(13-8-18-9-14(13)16)12-6-10-4-2-3-5-11(10)7-12/h2-5,8-9,12,15,17H,6-7H2,1H3. The predicted molar refractivity (Wildman–Crippen MR) is 81.2 cm³/mol. The zero-order valence-electron chi connectivity index (χ0n) is 10.3. The molecule has 3 rings (SSSR count). The van der Waals surface area contributed by atoms with Crippen LogP contribution in [0.1, 0.15) is 22.7 Å². The van der Waals surface area contributed by atoms with Crippen molar-refractivity contribution in [1.29, 1.82) is 0 Å². The quantitative estimate of drug-likeness (QED) is 0.894. The molecule has 1 unspecified atom stereocenters. The van der Waals surface area contributed by atoms with Crippen LogP contribution in [0.15, 0.2) is 39.5 Å². The van der Waals surface area contributed by atoms with E-state index in [-0.39, 0.29) is 0 Å². The lowest BCUT2D eigenvalue weighted by atomic mass is 9.92. The minimum atomic E-state index is 0.443. The molecule has 1 aliphatic carbocycles. The molecular formula is C15H16BrNS. The highest BCUT2D eigenvalue weighted by Gasteiger charge is 2.29. The normalized spacial score (nSPS) is 16.8. The van der Waals surface area contributed by atoms with E-state index < -0.39 is 0 Å². The van der Waals surface area contributed by atoms with Gasteiger partial charge in [0.2, 0.25) is 0 Å². The van der Waals surface area contributed by atoms with Crippen molar-refractivity contribution < 1.29 is 0 Å². The van der Waals surface area contributed by atoms with E-state index >= 15 is 0 Å². The zero-order chi connectivity index (χ0) is 12.5. The van der Waals surface area contributed by atoms with E-state index in [4.69, 9.17) is 0 Å². The van der Waals surface area contributed by atoms with Crippen LogP contribution in [0.2, 0.25) is 0 Å². The number of halogens is 1. The van der Waals surface area contributed by atoms with Crippen LogP contribution in [0, 0.1) is 5.92 Å². The molecule has 0 saturated carbocycles. The molecule has 3 heteroatoms. The number of hydrogen-bond acceptors (Lipinski definition) is 2. The lowest BCUT2D eigenvalue weighted by molar-refractivity contribution is 0.397. The van der Waals surface area contributed by atoms with Crippen LogP contribution in [0.3, 0.4) is 0 Å². The average molecular weight is 322 g/mol. The van der Waals surface area contributed by atoms with E-state index in [1.165, 1.54) is 34.0 Å². The van der Waals surface area contributed by atoms with Gasteiger partial charge in [0, 0.05) is 15.9 Å². The maximum Gasteiger partial charge on any atom is 0.0372 e. The van der Waals surface area contributed by atoms with Gasteiger partial charge in [0.25, 0.3) is 0 Å². The first-order chi connectivity index (χ1) is 8.79. The van der Waals surface area contributed by atoms with Crippen molar-refractivity contribution in [2.45, 2.75) is 18.9 Å². The van der Waals surface area contributed by atoms with Crippen LogP contribution in [0.5, 0.6) is 0 Å². The molecule has 0 aliphatic heterocycles. The Hall–Kier alpha value is -0.640. The third-order valence-electron chi connectivity index (χ3n) is 3.84. The van der Waals surface area contributed by atoms with Gasteiger partial charge in [-0.3, -0.25) is 0 Å². The molecule has 2 aromatic rings. The van der Waals surface area contributed by atoms with Gasteiger partial charge in [0.1, 0.15) is 0 Å². The van der Waals surface area contributed by atoms with Gasteiger partial charge < -0.3 is 5.32 Å². The first-order valence-electron chi connectivity index (χ1n) is 6.25. The Labute approximate surface area is 120 Å². The van der Waals surface area contributed by atoms with Crippen molar-refractivity contribution in [3.8, 4) is 0 Å². The molecule has 1 N–H and O–H groups in total. The Kier molecular flexibility index (Phi) is 3.55. The van der Waals surface area contributed by atoms with E-state index in [0.717, 1.165) is 0 Å². The highest BCUT2D eigenvalue weighted by molar-refractivity contribution is 9.10. The van der Waals surface area contributed by atoms with E-state index in [9.17, 15) is 0 Å². The molecule has 0 fully saturated rings. The molecule has 1 aromatic heterocycles. The fraction of sp³-hybridized carbons (Fsp3) is 0.333. The van der Waals surface area contributed by atoms with Crippen molar-refractivity contribution >= 4 is 27.3 Å². The minimum absolute atomic E-state index is 0.443. The molecule has 1 aromatic carbocycles. The summed E-state index contributed by atoms with van der Waals surface area (Å²) < 4.78 is 1.24. The fourth-order valence-corrected chi connectivity index (χ4v) is 4.57. The molecule has 0 saturated heterocycles. The number of fused-ring (bicyclic) bond motifs is 1. The molecule has 0 amide bonds. The summed E-state index contributed by atoms with van der Waals surface area (Å²) in [5, 5.41) is 7.93. The van der Waals surface area contributed by atoms with Crippen molar-refractivity contribution in [2.75, 3.05) is 7.05 Å². The maximum atomic E-state index is 3.66. The topological polar surface area (TPSA) is 12.0 Å². The second-order valence-corrected chi connectivity index (χ2v) is 6.48. The van der Waals surface area contributed by atoms with Gasteiger partial charge in [-0.2, -0.15) is 11.3 Å². The highest BCUT2D eigenvalue weighted by atomic mass is 79.9. The lowest BCUT2D eigenvalue weighted by Gasteiger charge is -2.22. The molecule has 1 atom stereocenters. The Bertz CT molecular complexity index is 524. The second-order valence-electron chi connectivity index (χ2n) is 4.88. The molecule has 0 bridgehead atoms. The summed E-state index contributed by atoms with van der Waals surface area (Å²) in [6.07, 6.45) is 2.37. The predicted octanol–water partition coefficient (Wildman–Crippen LogP) is 4.19. The molecule has 1 heterocycles. The summed E-state index contributed by atoms with van der Waals surface area (Å²) in [5.41, 5.74) is 4.45. The molecule has 94 valence electrons. The van der Waals surface area contributed by atoms with Gasteiger partial charge in [0.05, 0.1) is 0 Å². The molecule has 0 radical (unpaired) electrons. The van der Waals surface area contributed by atoms with E-state index in [2.05, 4.69) is 63.3 Å². The first-order valence-corrected chi connectivity index (χ1v) is 7.99. The van der Waals surface area contributed by atoms with E-state index in [0.29, 0.717) is 12.0 Å². The SMILES string of the molecule is CNC(c1cscc1Br)C1Cc2ccccc2C1. The third kappa shape index (κ3) is 2.15. The Balaban J connectivity index is 1.86. The van der Waals surface area contributed by atoms with Gasteiger partial charge in [-0.1, -0.05) is 24.3 Å². The fourth-order valence-electron chi connectivity index (χ4n) is 2.99. The largest absolute Gasteiger partial charge is 0.313 e. The summed E-state index contributed by atoms with van der Waals surface area (Å²) in [4.78, 5) is 0. The number of hydrogen-bond donors (Lipinski definition) is 1. The Morgan fingerprint density at radius 1 is 1.22 bits per heavy atom. The van der Waals surface area contributed by atoms with Gasteiger partial charge in [-0.05, 0) is 63.8 Å². The van der Waals surface area contributed by atoms with Gasteiger partial charge >= 0.3 is 0 Å². The van der Waals surface area contributed by atoms with Gasteiger partial charge in [-0.15, -0.1) is 0 Å². The Morgan fingerprint density at radius 3 is 2.39 bits per heavy atom. The first kappa shape index (κ1) is 12.4. The lowest BCUT2D eigenvalue weighted by Crippen LogP contribution is -2.25. The number of nitrogens with one attached hydrogen (secondary N) is 1. The van der Waals surface area contributed by atoms with E-state index in [1.807, 2.05) is 0 Å². The van der Waals surface area contributed by atoms with Crippen molar-refractivity contribution in [3.05, 3.63) is 56.2 Å². The molecule has 1 nitrogen and oxygen atoms in total. The van der Waals surface area contributed by atoms with Crippen molar-refractivity contribution in [3.63, 3.8) is 0 Å². The average Bonchev–Trinajstić information content (AvgIpc) is 2.97. The molecule has 18 heavy (non-hydrogen) atoms. The minimum Gasteiger partial charge on any atom is -0.313 e. The summed E-state index contributed by atoms with van der Waals surface area (Å²) in [6.45, 7) is 0. The summed E-state index contributed by atoms with van der Waals surface area (Å²) in [7, 11) is 2.07. The monoisotopic (exact) mass is 321 g/mol. The van der Waals surface area contributed by atoms with Crippen LogP contribution in [-0.4, -0.2) is 7.05 Å². The highest BCUT2D eigenvalue weighted by Crippen LogP contribution is 2.38. The van der Waals surface area contributed by atoms with Crippen LogP contribution in [0.25, 0.3) is 0 Å². The maximum absolute atomic E-state index is 3.66. The van der Waals surface area contributed by atoms with Crippen LogP contribution in [-0.2, 0) is 12.8 Å². The van der Waals surface area contributed by atoms with Crippen LogP contribution < -0.4 is 5.32 Å². The third-order valence-corrected chi connectivity index (χ3v) is 5.59. The summed E-state index contributed by atoms with van der Waals surface area (Å²) >= 11 is 5.43. The molecule has 1 aliphatic rings. The number of thiophene rings is 1. The number of rotatable bonds is 3. The van der Waals surface area contributed by atoms with Crippen molar-refractivity contribution in [1.82, 2.24) is 5.32 Å². The molecule has 0 spiro atoms. The van der Waals surface area contributed by atoms with Gasteiger partial charge in [-0.25, -0.2) is 0 Å². The van der Waals surface area contributed by atoms with Crippen LogP contribution in [0.4, 0.5) is 0 Å². The van der Waals surface area contributed by atoms with Gasteiger partial charge in [0.15, 0.2) is 0 Å².